The molecule has 7 nitrogen and oxygen atoms in total. The number of pyridine rings is 1. The Balaban J connectivity index is 1.83. The minimum atomic E-state index is -0.616. The maximum Gasteiger partial charge on any atom is 0.406 e. The van der Waals surface area contributed by atoms with Crippen molar-refractivity contribution in [2.24, 2.45) is 0 Å². The van der Waals surface area contributed by atoms with Crippen molar-refractivity contribution in [3.8, 4) is 5.75 Å². The summed E-state index contributed by atoms with van der Waals surface area (Å²) in [6.07, 6.45) is 0. The minimum Gasteiger partial charge on any atom is -0.476 e. The fourth-order valence-electron chi connectivity index (χ4n) is 2.92. The van der Waals surface area contributed by atoms with Crippen molar-refractivity contribution in [3.63, 3.8) is 0 Å². The lowest BCUT2D eigenvalue weighted by Crippen LogP contribution is -2.35. The van der Waals surface area contributed by atoms with E-state index >= 15 is 0 Å². The van der Waals surface area contributed by atoms with Crippen molar-refractivity contribution in [3.05, 3.63) is 70.4 Å². The Kier molecular flexibility index (Phi) is 5.30. The molecular formula is C20H19N3O4. The summed E-state index contributed by atoms with van der Waals surface area (Å²) in [7, 11) is 0. The van der Waals surface area contributed by atoms with Gasteiger partial charge < -0.3 is 19.8 Å². The van der Waals surface area contributed by atoms with Crippen LogP contribution in [0.25, 0.3) is 10.8 Å². The van der Waals surface area contributed by atoms with Gasteiger partial charge in [0.15, 0.2) is 6.61 Å². The summed E-state index contributed by atoms with van der Waals surface area (Å²) >= 11 is 0. The van der Waals surface area contributed by atoms with Gasteiger partial charge in [0.1, 0.15) is 5.69 Å². The summed E-state index contributed by atoms with van der Waals surface area (Å²) in [5.41, 5.74) is 1.28. The number of nitrogens with zero attached hydrogens (tertiary/aromatic N) is 3. The third-order valence-corrected chi connectivity index (χ3v) is 4.18. The Morgan fingerprint density at radius 1 is 1.15 bits per heavy atom. The van der Waals surface area contributed by atoms with Crippen LogP contribution < -0.4 is 9.64 Å². The van der Waals surface area contributed by atoms with Gasteiger partial charge in [0.2, 0.25) is 5.75 Å². The van der Waals surface area contributed by atoms with Crippen molar-refractivity contribution in [2.75, 3.05) is 18.1 Å². The monoisotopic (exact) mass is 365 g/mol. The maximum atomic E-state index is 12.8. The molecule has 0 aliphatic carbocycles. The maximum absolute atomic E-state index is 12.8. The Morgan fingerprint density at radius 3 is 2.63 bits per heavy atom. The number of rotatable bonds is 6. The van der Waals surface area contributed by atoms with E-state index in [4.69, 9.17) is 4.74 Å². The zero-order valence-electron chi connectivity index (χ0n) is 15.1. The number of nitro groups is 1. The van der Waals surface area contributed by atoms with Crippen LogP contribution >= 0.6 is 0 Å². The first kappa shape index (κ1) is 18.3. The van der Waals surface area contributed by atoms with Crippen LogP contribution in [-0.2, 0) is 4.79 Å². The third-order valence-electron chi connectivity index (χ3n) is 4.18. The van der Waals surface area contributed by atoms with Crippen molar-refractivity contribution in [2.45, 2.75) is 13.8 Å². The predicted molar refractivity (Wildman–Crippen MR) is 103 cm³/mol. The summed E-state index contributed by atoms with van der Waals surface area (Å²) in [6.45, 7) is 3.66. The summed E-state index contributed by atoms with van der Waals surface area (Å²) in [5, 5.41) is 13.1. The molecule has 0 atom stereocenters. The van der Waals surface area contributed by atoms with Crippen LogP contribution in [0.5, 0.6) is 5.75 Å². The van der Waals surface area contributed by atoms with Gasteiger partial charge in [-0.25, -0.2) is 0 Å². The van der Waals surface area contributed by atoms with E-state index in [1.165, 1.54) is 6.07 Å². The number of aromatic nitrogens is 1. The number of aryl methyl sites for hydroxylation is 1. The van der Waals surface area contributed by atoms with Crippen molar-refractivity contribution < 1.29 is 14.5 Å². The van der Waals surface area contributed by atoms with Gasteiger partial charge >= 0.3 is 5.82 Å². The number of anilines is 1. The van der Waals surface area contributed by atoms with Crippen molar-refractivity contribution in [1.29, 1.82) is 0 Å². The molecule has 7 heteroatoms. The molecular weight excluding hydrogens is 346 g/mol. The molecule has 0 fully saturated rings. The molecule has 0 aliphatic rings. The van der Waals surface area contributed by atoms with E-state index in [1.807, 2.05) is 49.4 Å². The zero-order chi connectivity index (χ0) is 19.4. The number of hydrogen-bond donors (Lipinski definition) is 0. The molecule has 1 amide bonds. The summed E-state index contributed by atoms with van der Waals surface area (Å²) in [6, 6.07) is 16.6. The molecule has 27 heavy (non-hydrogen) atoms. The summed E-state index contributed by atoms with van der Waals surface area (Å²) in [4.78, 5) is 28.8. The van der Waals surface area contributed by atoms with Gasteiger partial charge in [-0.1, -0.05) is 36.4 Å². The average Bonchev–Trinajstić information content (AvgIpc) is 2.67. The number of amides is 1. The molecule has 0 radical (unpaired) electrons. The highest BCUT2D eigenvalue weighted by Gasteiger charge is 2.21. The fraction of sp³-hybridized carbons (Fsp3) is 0.200. The number of carbonyl (C=O) groups excluding carboxylic acids is 1. The van der Waals surface area contributed by atoms with Gasteiger partial charge in [-0.15, -0.1) is 0 Å². The first-order chi connectivity index (χ1) is 13.0. The Labute approximate surface area is 156 Å². The smallest absolute Gasteiger partial charge is 0.406 e. The quantitative estimate of drug-likeness (QED) is 0.489. The Bertz CT molecular complexity index is 998. The number of carbonyl (C=O) groups is 1. The van der Waals surface area contributed by atoms with E-state index in [0.717, 1.165) is 16.5 Å². The second kappa shape index (κ2) is 7.82. The van der Waals surface area contributed by atoms with Crippen molar-refractivity contribution in [1.82, 2.24) is 4.98 Å². The van der Waals surface area contributed by atoms with Crippen LogP contribution in [0.15, 0.2) is 54.6 Å². The van der Waals surface area contributed by atoms with E-state index in [1.54, 1.807) is 17.9 Å². The van der Waals surface area contributed by atoms with E-state index < -0.39 is 10.7 Å². The van der Waals surface area contributed by atoms with Crippen LogP contribution in [0.2, 0.25) is 0 Å². The molecule has 0 spiro atoms. The molecule has 0 bridgehead atoms. The Morgan fingerprint density at radius 2 is 1.89 bits per heavy atom. The van der Waals surface area contributed by atoms with Gasteiger partial charge in [0.05, 0.1) is 5.69 Å². The van der Waals surface area contributed by atoms with Crippen LogP contribution in [0.3, 0.4) is 0 Å². The molecule has 1 heterocycles. The molecule has 0 N–H and O–H groups in total. The number of hydrogen-bond acceptors (Lipinski definition) is 5. The highest BCUT2D eigenvalue weighted by Crippen LogP contribution is 2.28. The Hall–Kier alpha value is -3.48. The second-order valence-electron chi connectivity index (χ2n) is 5.96. The fourth-order valence-corrected chi connectivity index (χ4v) is 2.92. The minimum absolute atomic E-state index is 0.0204. The number of benzene rings is 2. The molecule has 0 saturated carbocycles. The van der Waals surface area contributed by atoms with E-state index in [0.29, 0.717) is 12.2 Å². The van der Waals surface area contributed by atoms with Gasteiger partial charge in [0, 0.05) is 18.9 Å². The number of fused-ring (bicyclic) bond motifs is 1. The highest BCUT2D eigenvalue weighted by atomic mass is 16.6. The van der Waals surface area contributed by atoms with Crippen LogP contribution in [0.1, 0.15) is 12.6 Å². The van der Waals surface area contributed by atoms with Crippen molar-refractivity contribution >= 4 is 28.2 Å². The van der Waals surface area contributed by atoms with E-state index in [-0.39, 0.29) is 18.3 Å². The molecule has 1 aromatic heterocycles. The highest BCUT2D eigenvalue weighted by molar-refractivity contribution is 6.04. The third kappa shape index (κ3) is 3.87. The SMILES string of the molecule is CCN(C(=O)COc1ccc(C)nc1[N+](=O)[O-])c1cccc2ccccc12. The van der Waals surface area contributed by atoms with Gasteiger partial charge in [-0.05, 0) is 40.4 Å². The predicted octanol–water partition coefficient (Wildman–Crippen LogP) is 3.88. The molecule has 2 aromatic carbocycles. The van der Waals surface area contributed by atoms with Crippen LogP contribution in [-0.4, -0.2) is 29.0 Å². The first-order valence-electron chi connectivity index (χ1n) is 8.54. The molecule has 3 aromatic rings. The topological polar surface area (TPSA) is 85.6 Å². The summed E-state index contributed by atoms with van der Waals surface area (Å²) < 4.78 is 5.44. The second-order valence-corrected chi connectivity index (χ2v) is 5.96. The lowest BCUT2D eigenvalue weighted by molar-refractivity contribution is -0.390. The number of ether oxygens (including phenoxy) is 1. The average molecular weight is 365 g/mol. The number of likely N-dealkylation sites (N-methyl/N-ethyl adjacent to an activating group) is 1. The van der Waals surface area contributed by atoms with E-state index in [2.05, 4.69) is 4.98 Å². The van der Waals surface area contributed by atoms with Gasteiger partial charge in [-0.3, -0.25) is 4.79 Å². The van der Waals surface area contributed by atoms with Gasteiger partial charge in [0.25, 0.3) is 5.91 Å². The first-order valence-corrected chi connectivity index (χ1v) is 8.54. The van der Waals surface area contributed by atoms with Crippen LogP contribution in [0.4, 0.5) is 11.5 Å². The summed E-state index contributed by atoms with van der Waals surface area (Å²) in [5.74, 6) is -0.701. The molecule has 0 aliphatic heterocycles. The normalized spacial score (nSPS) is 10.6. The molecule has 0 unspecified atom stereocenters. The lowest BCUT2D eigenvalue weighted by Gasteiger charge is -2.22. The standard InChI is InChI=1S/C20H19N3O4/c1-3-22(17-10-6-8-15-7-4-5-9-16(15)17)19(24)13-27-18-12-11-14(2)21-20(18)23(25)26/h4-12H,3,13H2,1-2H3. The lowest BCUT2D eigenvalue weighted by atomic mass is 10.1. The molecule has 0 saturated heterocycles. The van der Waals surface area contributed by atoms with E-state index in [9.17, 15) is 14.9 Å². The molecule has 138 valence electrons. The van der Waals surface area contributed by atoms with Gasteiger partial charge in [-0.2, -0.15) is 0 Å². The zero-order valence-corrected chi connectivity index (χ0v) is 15.1. The molecule has 3 rings (SSSR count). The van der Waals surface area contributed by atoms with Crippen LogP contribution in [0, 0.1) is 17.0 Å². The largest absolute Gasteiger partial charge is 0.476 e.